The molecule has 0 spiro atoms. The van der Waals surface area contributed by atoms with E-state index >= 15 is 0 Å². The van der Waals surface area contributed by atoms with Crippen molar-refractivity contribution in [1.29, 1.82) is 0 Å². The Morgan fingerprint density at radius 2 is 1.94 bits per heavy atom. The Balaban J connectivity index is 1.61. The van der Waals surface area contributed by atoms with Crippen molar-refractivity contribution in [1.82, 2.24) is 9.79 Å². The van der Waals surface area contributed by atoms with Gasteiger partial charge in [-0.3, -0.25) is 15.0 Å². The molecule has 0 aromatic heterocycles. The summed E-state index contributed by atoms with van der Waals surface area (Å²) in [6.45, 7) is 3.68. The summed E-state index contributed by atoms with van der Waals surface area (Å²) in [6, 6.07) is 3.21. The van der Waals surface area contributed by atoms with Gasteiger partial charge in [-0.05, 0) is 48.9 Å². The molecule has 2 fully saturated rings. The lowest BCUT2D eigenvalue weighted by atomic mass is 9.95. The first kappa shape index (κ1) is 24.2. The number of piperidine rings is 1. The number of nitro groups is 1. The topological polar surface area (TPSA) is 140 Å². The van der Waals surface area contributed by atoms with Crippen LogP contribution in [-0.2, 0) is 24.4 Å². The highest BCUT2D eigenvalue weighted by Crippen LogP contribution is 2.29. The Hall–Kier alpha value is -2.49. The van der Waals surface area contributed by atoms with Crippen LogP contribution in [0.2, 0.25) is 0 Å². The van der Waals surface area contributed by atoms with E-state index in [1.54, 1.807) is 0 Å². The number of nitro benzene ring substituents is 1. The Morgan fingerprint density at radius 3 is 2.47 bits per heavy atom. The normalized spacial score (nSPS) is 18.7. The average molecular weight is 482 g/mol. The number of likely N-dealkylation sites (tertiary alicyclic amines) is 1. The molecule has 0 aliphatic carbocycles. The van der Waals surface area contributed by atoms with E-state index < -0.39 is 37.7 Å². The molecule has 1 aromatic rings. The van der Waals surface area contributed by atoms with Crippen molar-refractivity contribution in [3.05, 3.63) is 28.3 Å². The first-order chi connectivity index (χ1) is 15.0. The number of anilines is 1. The molecule has 0 atom stereocenters. The van der Waals surface area contributed by atoms with Crippen LogP contribution in [0.25, 0.3) is 0 Å². The van der Waals surface area contributed by atoms with Crippen molar-refractivity contribution in [3.8, 4) is 0 Å². The van der Waals surface area contributed by atoms with Crippen LogP contribution < -0.4 is 10.2 Å². The van der Waals surface area contributed by atoms with Crippen molar-refractivity contribution >= 4 is 27.4 Å². The van der Waals surface area contributed by atoms with Gasteiger partial charge in [-0.2, -0.15) is 13.2 Å². The molecule has 32 heavy (non-hydrogen) atoms. The fourth-order valence-electron chi connectivity index (χ4n) is 3.39. The molecule has 15 heteroatoms. The molecule has 2 heterocycles. The lowest BCUT2D eigenvalue weighted by molar-refractivity contribution is -0.384. The summed E-state index contributed by atoms with van der Waals surface area (Å²) in [4.78, 5) is 27.4. The largest absolute Gasteiger partial charge is 0.492 e. The number of nitrogens with one attached hydrogen (secondary N) is 2. The monoisotopic (exact) mass is 482 g/mol. The second-order valence-electron chi connectivity index (χ2n) is 7.46. The van der Waals surface area contributed by atoms with Gasteiger partial charge in [0, 0.05) is 12.6 Å². The van der Waals surface area contributed by atoms with Gasteiger partial charge in [-0.15, -0.1) is 0 Å². The number of sulfonamides is 1. The van der Waals surface area contributed by atoms with Crippen molar-refractivity contribution in [3.63, 3.8) is 0 Å². The zero-order valence-electron chi connectivity index (χ0n) is 16.6. The Bertz CT molecular complexity index is 961. The highest BCUT2D eigenvalue weighted by molar-refractivity contribution is 7.89. The summed E-state index contributed by atoms with van der Waals surface area (Å²) < 4.78 is 65.8. The van der Waals surface area contributed by atoms with Crippen LogP contribution in [-0.4, -0.2) is 69.3 Å². The van der Waals surface area contributed by atoms with Crippen LogP contribution in [0.4, 0.5) is 24.5 Å². The van der Waals surface area contributed by atoms with Crippen molar-refractivity contribution < 1.29 is 40.9 Å². The molecule has 2 aliphatic rings. The van der Waals surface area contributed by atoms with Gasteiger partial charge in [0.25, 0.3) is 15.7 Å². The molecule has 2 aliphatic heterocycles. The van der Waals surface area contributed by atoms with Gasteiger partial charge in [0.05, 0.1) is 29.1 Å². The van der Waals surface area contributed by atoms with Gasteiger partial charge in [0.2, 0.25) is 0 Å². The highest BCUT2D eigenvalue weighted by Gasteiger charge is 2.42. The minimum atomic E-state index is -5.41. The van der Waals surface area contributed by atoms with Crippen LogP contribution >= 0.6 is 0 Å². The third-order valence-electron chi connectivity index (χ3n) is 5.32. The summed E-state index contributed by atoms with van der Waals surface area (Å²) >= 11 is 0. The fraction of sp³-hybridized carbons (Fsp3) is 0.588. The van der Waals surface area contributed by atoms with E-state index in [0.717, 1.165) is 56.2 Å². The SMILES string of the molecule is O=C(ONS(=O)(=O)c1ccc(NCC2CCN(C3COC3)CC2)c([N+](=O)[O-])c1)C(F)(F)F. The van der Waals surface area contributed by atoms with E-state index in [-0.39, 0.29) is 11.6 Å². The lowest BCUT2D eigenvalue weighted by Gasteiger charge is -2.41. The molecule has 11 nitrogen and oxygen atoms in total. The number of carbonyl (C=O) groups is 1. The summed E-state index contributed by atoms with van der Waals surface area (Å²) in [7, 11) is -4.78. The maximum absolute atomic E-state index is 12.2. The lowest BCUT2D eigenvalue weighted by Crippen LogP contribution is -2.52. The zero-order valence-corrected chi connectivity index (χ0v) is 17.4. The Morgan fingerprint density at radius 1 is 1.28 bits per heavy atom. The van der Waals surface area contributed by atoms with Crippen LogP contribution in [0.15, 0.2) is 23.1 Å². The maximum Gasteiger partial charge on any atom is 0.492 e. The molecule has 0 unspecified atom stereocenters. The molecule has 0 saturated carbocycles. The summed E-state index contributed by atoms with van der Waals surface area (Å²) in [5, 5.41) is 14.4. The van der Waals surface area contributed by atoms with Crippen molar-refractivity contribution in [2.75, 3.05) is 38.2 Å². The standard InChI is InChI=1S/C17H21F3N4O7S/c18-17(19,20)16(25)31-22-32(28,29)13-1-2-14(15(7-13)24(26)27)21-8-11-3-5-23(6-4-11)12-9-30-10-12/h1-2,7,11-12,21-22H,3-6,8-10H2. The molecule has 0 amide bonds. The summed E-state index contributed by atoms with van der Waals surface area (Å²) in [6.07, 6.45) is -3.64. The summed E-state index contributed by atoms with van der Waals surface area (Å²) in [5.41, 5.74) is -0.518. The molecule has 0 radical (unpaired) electrons. The number of hydrogen-bond acceptors (Lipinski definition) is 9. The number of hydrogen-bond donors (Lipinski definition) is 2. The first-order valence-corrected chi connectivity index (χ1v) is 11.1. The van der Waals surface area contributed by atoms with Crippen LogP contribution in [0, 0.1) is 16.0 Å². The predicted molar refractivity (Wildman–Crippen MR) is 103 cm³/mol. The van der Waals surface area contributed by atoms with Crippen molar-refractivity contribution in [2.45, 2.75) is 30.0 Å². The van der Waals surface area contributed by atoms with Crippen LogP contribution in [0.3, 0.4) is 0 Å². The second-order valence-corrected chi connectivity index (χ2v) is 9.11. The molecular weight excluding hydrogens is 461 g/mol. The maximum atomic E-state index is 12.2. The van der Waals surface area contributed by atoms with Gasteiger partial charge in [-0.1, -0.05) is 0 Å². The number of nitrogens with zero attached hydrogens (tertiary/aromatic N) is 2. The highest BCUT2D eigenvalue weighted by atomic mass is 32.2. The molecule has 0 bridgehead atoms. The quantitative estimate of drug-likeness (QED) is 0.416. The van der Waals surface area contributed by atoms with Gasteiger partial charge >= 0.3 is 12.1 Å². The smallest absolute Gasteiger partial charge is 0.379 e. The van der Waals surface area contributed by atoms with E-state index in [2.05, 4.69) is 15.1 Å². The molecule has 2 N–H and O–H groups in total. The Kier molecular flexibility index (Phi) is 7.22. The molecule has 3 rings (SSSR count). The molecule has 2 saturated heterocycles. The minimum absolute atomic E-state index is 0.0658. The third-order valence-corrected chi connectivity index (χ3v) is 6.50. The van der Waals surface area contributed by atoms with E-state index in [4.69, 9.17) is 4.74 Å². The number of carbonyl (C=O) groups excluding carboxylic acids is 1. The van der Waals surface area contributed by atoms with Gasteiger partial charge < -0.3 is 14.9 Å². The fourth-order valence-corrected chi connectivity index (χ4v) is 4.18. The first-order valence-electron chi connectivity index (χ1n) is 9.61. The second kappa shape index (κ2) is 9.56. The molecule has 1 aromatic carbocycles. The van der Waals surface area contributed by atoms with E-state index in [1.807, 2.05) is 0 Å². The third kappa shape index (κ3) is 5.85. The predicted octanol–water partition coefficient (Wildman–Crippen LogP) is 1.42. The number of alkyl halides is 3. The minimum Gasteiger partial charge on any atom is -0.379 e. The number of ether oxygens (including phenoxy) is 1. The zero-order chi connectivity index (χ0) is 23.5. The van der Waals surface area contributed by atoms with Gasteiger partial charge in [0.1, 0.15) is 5.69 Å². The van der Waals surface area contributed by atoms with E-state index in [1.165, 1.54) is 0 Å². The number of halogens is 3. The van der Waals surface area contributed by atoms with Crippen molar-refractivity contribution in [2.24, 2.45) is 5.92 Å². The van der Waals surface area contributed by atoms with Crippen LogP contribution in [0.5, 0.6) is 0 Å². The molecule has 178 valence electrons. The molecular formula is C17H21F3N4O7S. The number of benzene rings is 1. The van der Waals surface area contributed by atoms with Gasteiger partial charge in [-0.25, -0.2) is 13.2 Å². The van der Waals surface area contributed by atoms with Gasteiger partial charge in [0.15, 0.2) is 0 Å². The summed E-state index contributed by atoms with van der Waals surface area (Å²) in [5.74, 6) is -2.51. The Labute approximate surface area is 181 Å². The number of rotatable bonds is 8. The average Bonchev–Trinajstić information content (AvgIpc) is 2.69. The van der Waals surface area contributed by atoms with E-state index in [0.29, 0.717) is 18.7 Å². The van der Waals surface area contributed by atoms with E-state index in [9.17, 15) is 36.5 Å². The van der Waals surface area contributed by atoms with Crippen LogP contribution in [0.1, 0.15) is 12.8 Å².